The Morgan fingerprint density at radius 3 is 2.22 bits per heavy atom. The Balaban J connectivity index is 2.16. The highest BCUT2D eigenvalue weighted by molar-refractivity contribution is 9.10. The summed E-state index contributed by atoms with van der Waals surface area (Å²) in [6.07, 6.45) is 1.06. The van der Waals surface area contributed by atoms with Crippen LogP contribution >= 0.6 is 27.5 Å². The Hall–Kier alpha value is -1.57. The quantitative estimate of drug-likeness (QED) is 0.809. The first-order valence-electron chi connectivity index (χ1n) is 6.54. The zero-order valence-electron chi connectivity index (χ0n) is 12.2. The molecule has 0 saturated carbocycles. The van der Waals surface area contributed by atoms with Crippen molar-refractivity contribution < 1.29 is 13.2 Å². The molecule has 0 saturated heterocycles. The number of carbonyl (C=O) groups excluding carboxylic acids is 1. The zero-order chi connectivity index (χ0) is 17.0. The van der Waals surface area contributed by atoms with Gasteiger partial charge < -0.3 is 5.32 Å². The summed E-state index contributed by atoms with van der Waals surface area (Å²) in [7, 11) is -3.59. The van der Waals surface area contributed by atoms with Crippen LogP contribution in [0.2, 0.25) is 5.02 Å². The van der Waals surface area contributed by atoms with Gasteiger partial charge in [0.05, 0.1) is 11.9 Å². The molecule has 0 aromatic heterocycles. The van der Waals surface area contributed by atoms with Crippen LogP contribution < -0.4 is 9.62 Å². The summed E-state index contributed by atoms with van der Waals surface area (Å²) in [4.78, 5) is 12.1. The summed E-state index contributed by atoms with van der Waals surface area (Å²) in [5.74, 6) is -0.444. The molecular formula is C15H14BrClN2O3S. The molecule has 0 bridgehead atoms. The van der Waals surface area contributed by atoms with Crippen LogP contribution in [0.4, 0.5) is 11.4 Å². The molecular weight excluding hydrogens is 404 g/mol. The van der Waals surface area contributed by atoms with E-state index in [1.165, 1.54) is 0 Å². The topological polar surface area (TPSA) is 66.5 Å². The molecule has 1 N–H and O–H groups in total. The summed E-state index contributed by atoms with van der Waals surface area (Å²) >= 11 is 9.07. The number of rotatable bonds is 5. The first-order chi connectivity index (χ1) is 10.8. The number of carbonyl (C=O) groups is 1. The molecule has 0 radical (unpaired) electrons. The Bertz CT molecular complexity index is 792. The molecule has 0 atom stereocenters. The van der Waals surface area contributed by atoms with Crippen molar-refractivity contribution in [3.63, 3.8) is 0 Å². The van der Waals surface area contributed by atoms with Crippen molar-refractivity contribution >= 4 is 54.8 Å². The smallest absolute Gasteiger partial charge is 0.245 e. The van der Waals surface area contributed by atoms with Gasteiger partial charge in [0.15, 0.2) is 0 Å². The van der Waals surface area contributed by atoms with Crippen LogP contribution in [0.5, 0.6) is 0 Å². The molecule has 0 fully saturated rings. The number of hydrogen-bond acceptors (Lipinski definition) is 3. The Morgan fingerprint density at radius 1 is 1.13 bits per heavy atom. The summed E-state index contributed by atoms with van der Waals surface area (Å²) in [6.45, 7) is -0.316. The average molecular weight is 418 g/mol. The molecule has 0 unspecified atom stereocenters. The molecule has 2 aromatic carbocycles. The number of hydrogen-bond donors (Lipinski definition) is 1. The Kier molecular flexibility index (Phi) is 5.67. The number of amides is 1. The molecule has 23 heavy (non-hydrogen) atoms. The van der Waals surface area contributed by atoms with Crippen LogP contribution in [-0.2, 0) is 14.8 Å². The van der Waals surface area contributed by atoms with Crippen molar-refractivity contribution in [3.05, 3.63) is 58.0 Å². The second-order valence-electron chi connectivity index (χ2n) is 4.80. The van der Waals surface area contributed by atoms with Gasteiger partial charge in [0.25, 0.3) is 0 Å². The van der Waals surface area contributed by atoms with E-state index in [4.69, 9.17) is 11.6 Å². The van der Waals surface area contributed by atoms with E-state index >= 15 is 0 Å². The average Bonchev–Trinajstić information content (AvgIpc) is 2.47. The molecule has 2 aromatic rings. The molecule has 0 heterocycles. The first-order valence-corrected chi connectivity index (χ1v) is 9.56. The van der Waals surface area contributed by atoms with E-state index in [0.717, 1.165) is 15.0 Å². The minimum absolute atomic E-state index is 0.316. The fourth-order valence-electron chi connectivity index (χ4n) is 1.87. The molecule has 0 aliphatic carbocycles. The van der Waals surface area contributed by atoms with Gasteiger partial charge in [-0.05, 0) is 48.5 Å². The summed E-state index contributed by atoms with van der Waals surface area (Å²) in [5.41, 5.74) is 0.964. The monoisotopic (exact) mass is 416 g/mol. The fraction of sp³-hybridized carbons (Fsp3) is 0.133. The second kappa shape index (κ2) is 7.33. The summed E-state index contributed by atoms with van der Waals surface area (Å²) < 4.78 is 25.8. The second-order valence-corrected chi connectivity index (χ2v) is 8.06. The molecule has 2 rings (SSSR count). The largest absolute Gasteiger partial charge is 0.325 e. The number of nitrogens with one attached hydrogen (secondary N) is 1. The van der Waals surface area contributed by atoms with Gasteiger partial charge in [-0.15, -0.1) is 0 Å². The van der Waals surface area contributed by atoms with Crippen molar-refractivity contribution in [2.24, 2.45) is 0 Å². The number of nitrogens with zero attached hydrogens (tertiary/aromatic N) is 1. The van der Waals surface area contributed by atoms with Crippen LogP contribution in [-0.4, -0.2) is 27.1 Å². The van der Waals surface area contributed by atoms with Crippen molar-refractivity contribution in [3.8, 4) is 0 Å². The third-order valence-corrected chi connectivity index (χ3v) is 4.85. The van der Waals surface area contributed by atoms with Crippen molar-refractivity contribution in [2.75, 3.05) is 22.4 Å². The minimum Gasteiger partial charge on any atom is -0.325 e. The van der Waals surface area contributed by atoms with E-state index in [1.807, 2.05) is 0 Å². The number of sulfonamides is 1. The highest BCUT2D eigenvalue weighted by atomic mass is 79.9. The van der Waals surface area contributed by atoms with Gasteiger partial charge >= 0.3 is 0 Å². The highest BCUT2D eigenvalue weighted by Gasteiger charge is 2.20. The summed E-state index contributed by atoms with van der Waals surface area (Å²) in [6, 6.07) is 13.2. The van der Waals surface area contributed by atoms with Crippen molar-refractivity contribution in [2.45, 2.75) is 0 Å². The lowest BCUT2D eigenvalue weighted by molar-refractivity contribution is -0.114. The molecule has 1 amide bonds. The predicted octanol–water partition coefficient (Wildman–Crippen LogP) is 3.51. The van der Waals surface area contributed by atoms with Gasteiger partial charge in [-0.2, -0.15) is 0 Å². The third-order valence-electron chi connectivity index (χ3n) is 2.93. The molecule has 0 aliphatic heterocycles. The predicted molar refractivity (Wildman–Crippen MR) is 96.4 cm³/mol. The molecule has 8 heteroatoms. The van der Waals surface area contributed by atoms with E-state index in [9.17, 15) is 13.2 Å². The summed E-state index contributed by atoms with van der Waals surface area (Å²) in [5, 5.41) is 3.19. The maximum atomic E-state index is 12.1. The maximum Gasteiger partial charge on any atom is 0.245 e. The van der Waals surface area contributed by atoms with Gasteiger partial charge in [-0.25, -0.2) is 8.42 Å². The van der Waals surface area contributed by atoms with Gasteiger partial charge in [0.1, 0.15) is 6.54 Å². The van der Waals surface area contributed by atoms with E-state index < -0.39 is 15.9 Å². The van der Waals surface area contributed by atoms with Gasteiger partial charge in [-0.3, -0.25) is 9.10 Å². The SMILES string of the molecule is CS(=O)(=O)N(CC(=O)Nc1ccc(Cl)cc1)c1ccc(Br)cc1. The molecule has 122 valence electrons. The first kappa shape index (κ1) is 17.8. The Morgan fingerprint density at radius 2 is 1.70 bits per heavy atom. The standard InChI is InChI=1S/C15H14BrClN2O3S/c1-23(21,22)19(14-8-2-11(16)3-9-14)10-15(20)18-13-6-4-12(17)5-7-13/h2-9H,10H2,1H3,(H,18,20). The number of benzene rings is 2. The third kappa shape index (κ3) is 5.23. The fourth-order valence-corrected chi connectivity index (χ4v) is 3.12. The normalized spacial score (nSPS) is 11.1. The lowest BCUT2D eigenvalue weighted by Gasteiger charge is -2.22. The lowest BCUT2D eigenvalue weighted by atomic mass is 10.3. The number of anilines is 2. The lowest BCUT2D eigenvalue weighted by Crippen LogP contribution is -2.37. The molecule has 0 spiro atoms. The molecule has 5 nitrogen and oxygen atoms in total. The highest BCUT2D eigenvalue weighted by Crippen LogP contribution is 2.21. The van der Waals surface area contributed by atoms with Gasteiger partial charge in [0, 0.05) is 15.2 Å². The van der Waals surface area contributed by atoms with Crippen LogP contribution in [0.3, 0.4) is 0 Å². The van der Waals surface area contributed by atoms with E-state index in [0.29, 0.717) is 16.4 Å². The van der Waals surface area contributed by atoms with Crippen LogP contribution in [0.25, 0.3) is 0 Å². The van der Waals surface area contributed by atoms with Gasteiger partial charge in [0.2, 0.25) is 15.9 Å². The molecule has 0 aliphatic rings. The van der Waals surface area contributed by atoms with Crippen LogP contribution in [0, 0.1) is 0 Å². The zero-order valence-corrected chi connectivity index (χ0v) is 15.3. The maximum absolute atomic E-state index is 12.1. The van der Waals surface area contributed by atoms with E-state index in [-0.39, 0.29) is 6.54 Å². The number of halogens is 2. The van der Waals surface area contributed by atoms with Crippen molar-refractivity contribution in [1.82, 2.24) is 0 Å². The van der Waals surface area contributed by atoms with Crippen LogP contribution in [0.15, 0.2) is 53.0 Å². The van der Waals surface area contributed by atoms with E-state index in [1.54, 1.807) is 48.5 Å². The van der Waals surface area contributed by atoms with Crippen LogP contribution in [0.1, 0.15) is 0 Å². The van der Waals surface area contributed by atoms with E-state index in [2.05, 4.69) is 21.2 Å². The van der Waals surface area contributed by atoms with Gasteiger partial charge in [-0.1, -0.05) is 27.5 Å². The minimum atomic E-state index is -3.59. The Labute approximate surface area is 148 Å². The van der Waals surface area contributed by atoms with Crippen molar-refractivity contribution in [1.29, 1.82) is 0 Å².